The van der Waals surface area contributed by atoms with Crippen molar-refractivity contribution in [3.63, 3.8) is 0 Å². The van der Waals surface area contributed by atoms with E-state index in [2.05, 4.69) is 33.7 Å². The zero-order chi connectivity index (χ0) is 8.10. The van der Waals surface area contributed by atoms with Gasteiger partial charge in [0.05, 0.1) is 0 Å². The molecule has 0 atom stereocenters. The Hall–Kier alpha value is -1.18. The third kappa shape index (κ3) is 2.50. The SMILES string of the molecule is C#CC#Cc1cccc(Br)c1. The summed E-state index contributed by atoms with van der Waals surface area (Å²) >= 11 is 3.33. The van der Waals surface area contributed by atoms with Crippen molar-refractivity contribution in [1.29, 1.82) is 0 Å². The smallest absolute Gasteiger partial charge is 0.0266 e. The monoisotopic (exact) mass is 204 g/mol. The Balaban J connectivity index is 2.99. The van der Waals surface area contributed by atoms with Gasteiger partial charge in [-0.15, -0.1) is 6.42 Å². The Morgan fingerprint density at radius 2 is 2.18 bits per heavy atom. The molecule has 1 aromatic rings. The van der Waals surface area contributed by atoms with Crippen molar-refractivity contribution in [2.75, 3.05) is 0 Å². The standard InChI is InChI=1S/C10H5Br/c1-2-3-5-9-6-4-7-10(11)8-9/h1,4,6-8H. The van der Waals surface area contributed by atoms with Gasteiger partial charge < -0.3 is 0 Å². The number of hydrogen-bond acceptors (Lipinski definition) is 0. The molecule has 1 heteroatoms. The number of terminal acetylenes is 1. The van der Waals surface area contributed by atoms with Crippen molar-refractivity contribution in [3.05, 3.63) is 34.3 Å². The van der Waals surface area contributed by atoms with E-state index in [4.69, 9.17) is 6.42 Å². The van der Waals surface area contributed by atoms with Crippen LogP contribution in [0.3, 0.4) is 0 Å². The maximum Gasteiger partial charge on any atom is 0.0266 e. The van der Waals surface area contributed by atoms with Gasteiger partial charge in [-0.3, -0.25) is 0 Å². The van der Waals surface area contributed by atoms with Crippen LogP contribution in [-0.4, -0.2) is 0 Å². The lowest BCUT2D eigenvalue weighted by molar-refractivity contribution is 1.60. The first-order chi connectivity index (χ1) is 5.33. The van der Waals surface area contributed by atoms with Crippen LogP contribution >= 0.6 is 15.9 Å². The second-order valence-corrected chi connectivity index (χ2v) is 2.82. The highest BCUT2D eigenvalue weighted by atomic mass is 79.9. The first kappa shape index (κ1) is 7.92. The minimum Gasteiger partial charge on any atom is -0.106 e. The minimum absolute atomic E-state index is 0.928. The molecule has 0 N–H and O–H groups in total. The van der Waals surface area contributed by atoms with Gasteiger partial charge in [0.1, 0.15) is 0 Å². The third-order valence-corrected chi connectivity index (χ3v) is 1.60. The molecule has 0 aromatic heterocycles. The van der Waals surface area contributed by atoms with Gasteiger partial charge in [-0.1, -0.05) is 27.9 Å². The maximum atomic E-state index is 4.98. The van der Waals surface area contributed by atoms with Gasteiger partial charge in [0.15, 0.2) is 0 Å². The zero-order valence-electron chi connectivity index (χ0n) is 5.76. The van der Waals surface area contributed by atoms with Crippen molar-refractivity contribution in [2.45, 2.75) is 0 Å². The average Bonchev–Trinajstić information content (AvgIpc) is 2.01. The minimum atomic E-state index is 0.928. The topological polar surface area (TPSA) is 0 Å². The molecule has 0 saturated heterocycles. The number of hydrogen-bond donors (Lipinski definition) is 0. The van der Waals surface area contributed by atoms with Gasteiger partial charge >= 0.3 is 0 Å². The summed E-state index contributed by atoms with van der Waals surface area (Å²) < 4.78 is 1.02. The van der Waals surface area contributed by atoms with Gasteiger partial charge in [-0.25, -0.2) is 0 Å². The molecule has 1 aromatic carbocycles. The summed E-state index contributed by atoms with van der Waals surface area (Å²) in [6, 6.07) is 7.70. The highest BCUT2D eigenvalue weighted by Crippen LogP contribution is 2.10. The Kier molecular flexibility index (Phi) is 2.78. The lowest BCUT2D eigenvalue weighted by Crippen LogP contribution is -1.71. The van der Waals surface area contributed by atoms with Crippen LogP contribution in [0.4, 0.5) is 0 Å². The van der Waals surface area contributed by atoms with Crippen LogP contribution in [0.2, 0.25) is 0 Å². The predicted molar refractivity (Wildman–Crippen MR) is 49.9 cm³/mol. The Bertz CT molecular complexity index is 347. The van der Waals surface area contributed by atoms with E-state index in [0.29, 0.717) is 0 Å². The highest BCUT2D eigenvalue weighted by molar-refractivity contribution is 9.10. The van der Waals surface area contributed by atoms with Crippen LogP contribution in [0, 0.1) is 24.2 Å². The molecule has 0 bridgehead atoms. The van der Waals surface area contributed by atoms with E-state index in [1.165, 1.54) is 0 Å². The number of halogens is 1. The summed E-state index contributed by atoms with van der Waals surface area (Å²) in [6.07, 6.45) is 4.98. The van der Waals surface area contributed by atoms with Gasteiger partial charge in [0.2, 0.25) is 0 Å². The van der Waals surface area contributed by atoms with E-state index in [9.17, 15) is 0 Å². The van der Waals surface area contributed by atoms with Gasteiger partial charge in [0.25, 0.3) is 0 Å². The average molecular weight is 205 g/mol. The van der Waals surface area contributed by atoms with Crippen LogP contribution < -0.4 is 0 Å². The molecule has 0 aliphatic heterocycles. The van der Waals surface area contributed by atoms with Crippen LogP contribution in [0.1, 0.15) is 5.56 Å². The second kappa shape index (κ2) is 3.86. The normalized spacial score (nSPS) is 7.64. The molecule has 52 valence electrons. The van der Waals surface area contributed by atoms with E-state index >= 15 is 0 Å². The number of benzene rings is 1. The summed E-state index contributed by atoms with van der Waals surface area (Å²) in [5, 5.41) is 0. The van der Waals surface area contributed by atoms with Crippen LogP contribution in [-0.2, 0) is 0 Å². The molecule has 0 aliphatic rings. The summed E-state index contributed by atoms with van der Waals surface area (Å²) in [6.45, 7) is 0. The first-order valence-electron chi connectivity index (χ1n) is 3.05. The molecule has 0 heterocycles. The molecule has 0 unspecified atom stereocenters. The molecule has 0 radical (unpaired) electrons. The van der Waals surface area contributed by atoms with Gasteiger partial charge in [-0.2, -0.15) is 0 Å². The van der Waals surface area contributed by atoms with Crippen LogP contribution in [0.5, 0.6) is 0 Å². The van der Waals surface area contributed by atoms with E-state index in [1.54, 1.807) is 0 Å². The molecule has 0 saturated carbocycles. The molecule has 1 rings (SSSR count). The van der Waals surface area contributed by atoms with Gasteiger partial charge in [0, 0.05) is 10.0 Å². The second-order valence-electron chi connectivity index (χ2n) is 1.90. The maximum absolute atomic E-state index is 4.98. The third-order valence-electron chi connectivity index (χ3n) is 1.10. The van der Waals surface area contributed by atoms with E-state index in [0.717, 1.165) is 10.0 Å². The molecule has 0 spiro atoms. The first-order valence-corrected chi connectivity index (χ1v) is 3.84. The van der Waals surface area contributed by atoms with E-state index in [-0.39, 0.29) is 0 Å². The lowest BCUT2D eigenvalue weighted by atomic mass is 10.2. The zero-order valence-corrected chi connectivity index (χ0v) is 7.35. The van der Waals surface area contributed by atoms with E-state index < -0.39 is 0 Å². The molecule has 11 heavy (non-hydrogen) atoms. The predicted octanol–water partition coefficient (Wildman–Crippen LogP) is 2.43. The quantitative estimate of drug-likeness (QED) is 0.570. The van der Waals surface area contributed by atoms with Crippen LogP contribution in [0.25, 0.3) is 0 Å². The van der Waals surface area contributed by atoms with E-state index in [1.807, 2.05) is 24.3 Å². The summed E-state index contributed by atoms with van der Waals surface area (Å²) in [5.41, 5.74) is 0.928. The molecule has 0 fully saturated rings. The highest BCUT2D eigenvalue weighted by Gasteiger charge is 1.86. The molecule has 0 aliphatic carbocycles. The Labute approximate surface area is 74.8 Å². The summed E-state index contributed by atoms with van der Waals surface area (Å²) in [4.78, 5) is 0. The van der Waals surface area contributed by atoms with Crippen molar-refractivity contribution >= 4 is 15.9 Å². The summed E-state index contributed by atoms with van der Waals surface area (Å²) in [5.74, 6) is 7.63. The van der Waals surface area contributed by atoms with Crippen molar-refractivity contribution in [1.82, 2.24) is 0 Å². The fraction of sp³-hybridized carbons (Fsp3) is 0. The number of rotatable bonds is 0. The fourth-order valence-corrected chi connectivity index (χ4v) is 1.07. The Morgan fingerprint density at radius 1 is 1.36 bits per heavy atom. The van der Waals surface area contributed by atoms with Crippen molar-refractivity contribution < 1.29 is 0 Å². The largest absolute Gasteiger partial charge is 0.106 e. The summed E-state index contributed by atoms with van der Waals surface area (Å²) in [7, 11) is 0. The molecule has 0 amide bonds. The van der Waals surface area contributed by atoms with Crippen LogP contribution in [0.15, 0.2) is 28.7 Å². The molecule has 0 nitrogen and oxygen atoms in total. The van der Waals surface area contributed by atoms with Crippen molar-refractivity contribution in [2.24, 2.45) is 0 Å². The molecular formula is C10H5Br. The molecular weight excluding hydrogens is 200 g/mol. The fourth-order valence-electron chi connectivity index (χ4n) is 0.674. The Morgan fingerprint density at radius 3 is 2.82 bits per heavy atom. The van der Waals surface area contributed by atoms with Crippen molar-refractivity contribution in [3.8, 4) is 24.2 Å². The van der Waals surface area contributed by atoms with Gasteiger partial charge in [-0.05, 0) is 30.0 Å². The lowest BCUT2D eigenvalue weighted by Gasteiger charge is -1.89.